The smallest absolute Gasteiger partial charge is 0.225 e. The Labute approximate surface area is 124 Å². The standard InChI is InChI=1S/C16H22O5/c1-2-3-4-7-13(18)14-15(19)16(21-14)11-6-5-8-12(17)10(11)9-20-16/h5-6,8,13-15,17-19H,2-4,7,9H2,1H3/t13-,14-,15-,16+/m1/s1. The van der Waals surface area contributed by atoms with E-state index in [0.29, 0.717) is 17.5 Å². The second-order valence-electron chi connectivity index (χ2n) is 5.85. The molecule has 3 rings (SSSR count). The lowest BCUT2D eigenvalue weighted by atomic mass is 9.85. The van der Waals surface area contributed by atoms with E-state index >= 15 is 0 Å². The van der Waals surface area contributed by atoms with E-state index in [9.17, 15) is 15.3 Å². The van der Waals surface area contributed by atoms with Gasteiger partial charge in [-0.25, -0.2) is 0 Å². The lowest BCUT2D eigenvalue weighted by molar-refractivity contribution is -0.417. The van der Waals surface area contributed by atoms with Crippen LogP contribution in [0.15, 0.2) is 18.2 Å². The summed E-state index contributed by atoms with van der Waals surface area (Å²) in [6.45, 7) is 2.31. The van der Waals surface area contributed by atoms with Gasteiger partial charge in [0.25, 0.3) is 0 Å². The monoisotopic (exact) mass is 294 g/mol. The number of rotatable bonds is 5. The van der Waals surface area contributed by atoms with Gasteiger partial charge in [0, 0.05) is 11.1 Å². The molecule has 2 heterocycles. The highest BCUT2D eigenvalue weighted by Crippen LogP contribution is 2.51. The van der Waals surface area contributed by atoms with Crippen LogP contribution in [0.25, 0.3) is 0 Å². The van der Waals surface area contributed by atoms with E-state index < -0.39 is 24.1 Å². The number of fused-ring (bicyclic) bond motifs is 2. The van der Waals surface area contributed by atoms with Gasteiger partial charge in [-0.1, -0.05) is 38.3 Å². The van der Waals surface area contributed by atoms with Crippen molar-refractivity contribution >= 4 is 0 Å². The number of ether oxygens (including phenoxy) is 2. The average Bonchev–Trinajstić information content (AvgIpc) is 2.87. The van der Waals surface area contributed by atoms with Gasteiger partial charge in [-0.05, 0) is 12.5 Å². The molecule has 3 N–H and O–H groups in total. The molecule has 1 aromatic rings. The lowest BCUT2D eigenvalue weighted by Crippen LogP contribution is -2.65. The number of benzene rings is 1. The van der Waals surface area contributed by atoms with Crippen LogP contribution < -0.4 is 0 Å². The largest absolute Gasteiger partial charge is 0.508 e. The fourth-order valence-electron chi connectivity index (χ4n) is 3.19. The maximum Gasteiger partial charge on any atom is 0.225 e. The highest BCUT2D eigenvalue weighted by molar-refractivity contribution is 5.45. The van der Waals surface area contributed by atoms with Crippen LogP contribution in [0.3, 0.4) is 0 Å². The van der Waals surface area contributed by atoms with E-state index in [4.69, 9.17) is 9.47 Å². The molecule has 1 fully saturated rings. The van der Waals surface area contributed by atoms with Gasteiger partial charge in [-0.2, -0.15) is 0 Å². The Bertz CT molecular complexity index is 517. The minimum Gasteiger partial charge on any atom is -0.508 e. The molecule has 4 atom stereocenters. The predicted molar refractivity (Wildman–Crippen MR) is 75.6 cm³/mol. The summed E-state index contributed by atoms with van der Waals surface area (Å²) in [5.41, 5.74) is 1.31. The van der Waals surface area contributed by atoms with E-state index in [0.717, 1.165) is 19.3 Å². The average molecular weight is 294 g/mol. The number of phenolic OH excluding ortho intramolecular Hbond substituents is 1. The van der Waals surface area contributed by atoms with Crippen LogP contribution in [0.2, 0.25) is 0 Å². The van der Waals surface area contributed by atoms with Crippen molar-refractivity contribution in [3.8, 4) is 5.75 Å². The van der Waals surface area contributed by atoms with E-state index in [1.54, 1.807) is 18.2 Å². The van der Waals surface area contributed by atoms with Gasteiger partial charge >= 0.3 is 0 Å². The van der Waals surface area contributed by atoms with Crippen molar-refractivity contribution < 1.29 is 24.8 Å². The van der Waals surface area contributed by atoms with Gasteiger partial charge in [0.1, 0.15) is 18.0 Å². The lowest BCUT2D eigenvalue weighted by Gasteiger charge is -2.50. The highest BCUT2D eigenvalue weighted by atomic mass is 16.8. The summed E-state index contributed by atoms with van der Waals surface area (Å²) in [6.07, 6.45) is 1.42. The van der Waals surface area contributed by atoms with Crippen molar-refractivity contribution in [2.75, 3.05) is 0 Å². The molecule has 1 spiro atoms. The van der Waals surface area contributed by atoms with Crippen molar-refractivity contribution in [1.82, 2.24) is 0 Å². The number of aliphatic hydroxyl groups excluding tert-OH is 2. The molecule has 0 unspecified atom stereocenters. The molecule has 1 aromatic carbocycles. The summed E-state index contributed by atoms with van der Waals surface area (Å²) in [6, 6.07) is 5.07. The van der Waals surface area contributed by atoms with E-state index in [1.165, 1.54) is 0 Å². The normalized spacial score (nSPS) is 32.0. The Morgan fingerprint density at radius 3 is 2.90 bits per heavy atom. The Balaban J connectivity index is 1.70. The molecule has 0 aromatic heterocycles. The minimum absolute atomic E-state index is 0.145. The number of aromatic hydroxyl groups is 1. The fraction of sp³-hybridized carbons (Fsp3) is 0.625. The van der Waals surface area contributed by atoms with E-state index in [-0.39, 0.29) is 12.4 Å². The zero-order valence-corrected chi connectivity index (χ0v) is 12.2. The molecule has 5 nitrogen and oxygen atoms in total. The van der Waals surface area contributed by atoms with Crippen molar-refractivity contribution in [2.24, 2.45) is 0 Å². The molecule has 0 bridgehead atoms. The molecule has 2 aliphatic heterocycles. The zero-order valence-electron chi connectivity index (χ0n) is 12.2. The Morgan fingerprint density at radius 1 is 1.38 bits per heavy atom. The van der Waals surface area contributed by atoms with Crippen molar-refractivity contribution in [2.45, 2.75) is 63.3 Å². The number of unbranched alkanes of at least 4 members (excludes halogenated alkanes) is 2. The molecule has 2 aliphatic rings. The first-order valence-electron chi connectivity index (χ1n) is 7.59. The third kappa shape index (κ3) is 2.25. The number of phenols is 1. The van der Waals surface area contributed by atoms with Gasteiger partial charge in [-0.15, -0.1) is 0 Å². The molecule has 1 saturated heterocycles. The molecule has 21 heavy (non-hydrogen) atoms. The van der Waals surface area contributed by atoms with Crippen LogP contribution in [-0.4, -0.2) is 33.6 Å². The summed E-state index contributed by atoms with van der Waals surface area (Å²) < 4.78 is 11.3. The molecular formula is C16H22O5. The fourth-order valence-corrected chi connectivity index (χ4v) is 3.19. The topological polar surface area (TPSA) is 79.2 Å². The minimum atomic E-state index is -1.22. The first kappa shape index (κ1) is 14.8. The van der Waals surface area contributed by atoms with Gasteiger partial charge in [0.05, 0.1) is 12.7 Å². The van der Waals surface area contributed by atoms with Crippen LogP contribution >= 0.6 is 0 Å². The van der Waals surface area contributed by atoms with Gasteiger partial charge in [0.15, 0.2) is 0 Å². The Morgan fingerprint density at radius 2 is 2.19 bits per heavy atom. The Kier molecular flexibility index (Phi) is 3.92. The maximum absolute atomic E-state index is 10.4. The van der Waals surface area contributed by atoms with Crippen LogP contribution in [0.5, 0.6) is 5.75 Å². The quantitative estimate of drug-likeness (QED) is 0.721. The second-order valence-corrected chi connectivity index (χ2v) is 5.85. The van der Waals surface area contributed by atoms with Crippen LogP contribution in [0, 0.1) is 0 Å². The molecule has 116 valence electrons. The van der Waals surface area contributed by atoms with Gasteiger partial charge < -0.3 is 24.8 Å². The summed E-state index contributed by atoms with van der Waals surface area (Å²) in [7, 11) is 0. The van der Waals surface area contributed by atoms with Crippen molar-refractivity contribution in [1.29, 1.82) is 0 Å². The molecule has 0 aliphatic carbocycles. The van der Waals surface area contributed by atoms with E-state index in [1.807, 2.05) is 0 Å². The first-order chi connectivity index (χ1) is 10.1. The molecule has 0 radical (unpaired) electrons. The van der Waals surface area contributed by atoms with Crippen LogP contribution in [-0.2, 0) is 21.9 Å². The molecule has 5 heteroatoms. The van der Waals surface area contributed by atoms with Crippen LogP contribution in [0.1, 0.15) is 43.7 Å². The van der Waals surface area contributed by atoms with Gasteiger partial charge in [0.2, 0.25) is 5.79 Å². The number of hydrogen-bond acceptors (Lipinski definition) is 5. The van der Waals surface area contributed by atoms with Gasteiger partial charge in [-0.3, -0.25) is 0 Å². The Hall–Kier alpha value is -1.14. The molecular weight excluding hydrogens is 272 g/mol. The molecule has 0 saturated carbocycles. The summed E-state index contributed by atoms with van der Waals surface area (Å²) in [5, 5.41) is 30.4. The summed E-state index contributed by atoms with van der Waals surface area (Å²) >= 11 is 0. The SMILES string of the molecule is CCCCC[C@@H](O)[C@H]1O[C@]2(OCc3c(O)cccc32)[C@@H]1O. The van der Waals surface area contributed by atoms with Crippen molar-refractivity contribution in [3.05, 3.63) is 29.3 Å². The number of hydrogen-bond donors (Lipinski definition) is 3. The summed E-state index contributed by atoms with van der Waals surface area (Å²) in [4.78, 5) is 0. The summed E-state index contributed by atoms with van der Waals surface area (Å²) in [5.74, 6) is -1.07. The highest BCUT2D eigenvalue weighted by Gasteiger charge is 2.62. The number of aliphatic hydroxyl groups is 2. The van der Waals surface area contributed by atoms with Crippen molar-refractivity contribution in [3.63, 3.8) is 0 Å². The maximum atomic E-state index is 10.4. The second kappa shape index (κ2) is 5.57. The third-order valence-corrected chi connectivity index (χ3v) is 4.45. The first-order valence-corrected chi connectivity index (χ1v) is 7.59. The van der Waals surface area contributed by atoms with E-state index in [2.05, 4.69) is 6.92 Å². The molecule has 0 amide bonds. The predicted octanol–water partition coefficient (Wildman–Crippen LogP) is 1.78. The zero-order chi connectivity index (χ0) is 15.0. The van der Waals surface area contributed by atoms with Crippen LogP contribution in [0.4, 0.5) is 0 Å². The third-order valence-electron chi connectivity index (χ3n) is 4.45.